The second-order valence-electron chi connectivity index (χ2n) is 5.53. The summed E-state index contributed by atoms with van der Waals surface area (Å²) in [6.07, 6.45) is 3.99. The Kier molecular flexibility index (Phi) is 4.78. The number of aliphatic hydroxyl groups excluding tert-OH is 1. The van der Waals surface area contributed by atoms with Gasteiger partial charge in [0.15, 0.2) is 0 Å². The van der Waals surface area contributed by atoms with Crippen LogP contribution in [0.2, 0.25) is 0 Å². The van der Waals surface area contributed by atoms with Crippen molar-refractivity contribution >= 4 is 10.8 Å². The van der Waals surface area contributed by atoms with Crippen LogP contribution in [0.5, 0.6) is 0 Å². The Hall–Kier alpha value is -2.23. The van der Waals surface area contributed by atoms with Gasteiger partial charge in [0, 0.05) is 30.9 Å². The largest absolute Gasteiger partial charge is 0.391 e. The average molecular weight is 292 g/mol. The summed E-state index contributed by atoms with van der Waals surface area (Å²) in [7, 11) is 0. The zero-order valence-electron chi connectivity index (χ0n) is 12.4. The topological polar surface area (TPSA) is 45.1 Å². The number of aromatic nitrogens is 1. The van der Waals surface area contributed by atoms with Gasteiger partial charge < -0.3 is 10.4 Å². The molecule has 0 unspecified atom stereocenters. The van der Waals surface area contributed by atoms with Crippen LogP contribution < -0.4 is 5.32 Å². The third-order valence-corrected chi connectivity index (χ3v) is 3.73. The summed E-state index contributed by atoms with van der Waals surface area (Å²) in [5.41, 5.74) is 2.38. The molecule has 1 atom stereocenters. The SMILES string of the molecule is O[C@@H](CNCc1ccc2cnccc2c1)Cc1ccccc1. The molecule has 2 N–H and O–H groups in total. The average Bonchev–Trinajstić information content (AvgIpc) is 2.55. The minimum atomic E-state index is -0.368. The standard InChI is InChI=1S/C19H20N2O/c22-19(11-15-4-2-1-3-5-15)14-21-12-16-6-7-18-13-20-9-8-17(18)10-16/h1-10,13,19,21-22H,11-12,14H2/t19-/m1/s1. The van der Waals surface area contributed by atoms with Crippen molar-refractivity contribution in [3.8, 4) is 0 Å². The second-order valence-corrected chi connectivity index (χ2v) is 5.53. The first kappa shape index (κ1) is 14.7. The fourth-order valence-electron chi connectivity index (χ4n) is 2.58. The van der Waals surface area contributed by atoms with Crippen LogP contribution in [-0.2, 0) is 13.0 Å². The summed E-state index contributed by atoms with van der Waals surface area (Å²) in [5.74, 6) is 0. The predicted octanol–water partition coefficient (Wildman–Crippen LogP) is 2.93. The van der Waals surface area contributed by atoms with Crippen LogP contribution in [0, 0.1) is 0 Å². The van der Waals surface area contributed by atoms with Crippen molar-refractivity contribution in [2.24, 2.45) is 0 Å². The van der Waals surface area contributed by atoms with Gasteiger partial charge in [-0.25, -0.2) is 0 Å². The molecule has 0 saturated heterocycles. The molecule has 0 bridgehead atoms. The first-order valence-corrected chi connectivity index (χ1v) is 7.56. The van der Waals surface area contributed by atoms with Crippen LogP contribution >= 0.6 is 0 Å². The highest BCUT2D eigenvalue weighted by Crippen LogP contribution is 2.14. The molecule has 0 aliphatic carbocycles. The van der Waals surface area contributed by atoms with E-state index in [9.17, 15) is 5.11 Å². The fourth-order valence-corrected chi connectivity index (χ4v) is 2.58. The van der Waals surface area contributed by atoms with Crippen LogP contribution in [0.15, 0.2) is 67.0 Å². The van der Waals surface area contributed by atoms with E-state index in [2.05, 4.69) is 28.5 Å². The van der Waals surface area contributed by atoms with Crippen LogP contribution in [0.25, 0.3) is 10.8 Å². The smallest absolute Gasteiger partial charge is 0.0704 e. The normalized spacial score (nSPS) is 12.4. The van der Waals surface area contributed by atoms with Crippen molar-refractivity contribution in [3.63, 3.8) is 0 Å². The summed E-state index contributed by atoms with van der Waals surface area (Å²) in [5, 5.41) is 15.7. The highest BCUT2D eigenvalue weighted by atomic mass is 16.3. The molecular formula is C19H20N2O. The predicted molar refractivity (Wildman–Crippen MR) is 89.6 cm³/mol. The van der Waals surface area contributed by atoms with E-state index in [1.54, 1.807) is 0 Å². The molecule has 1 aromatic heterocycles. The van der Waals surface area contributed by atoms with Gasteiger partial charge in [-0.2, -0.15) is 0 Å². The van der Waals surface area contributed by atoms with Crippen molar-refractivity contribution in [3.05, 3.63) is 78.1 Å². The summed E-state index contributed by atoms with van der Waals surface area (Å²) in [6.45, 7) is 1.34. The maximum Gasteiger partial charge on any atom is 0.0704 e. The lowest BCUT2D eigenvalue weighted by Gasteiger charge is -2.12. The van der Waals surface area contributed by atoms with E-state index in [0.29, 0.717) is 13.0 Å². The van der Waals surface area contributed by atoms with Crippen LogP contribution in [0.1, 0.15) is 11.1 Å². The van der Waals surface area contributed by atoms with E-state index in [0.717, 1.165) is 17.5 Å². The van der Waals surface area contributed by atoms with Crippen LogP contribution in [-0.4, -0.2) is 22.7 Å². The van der Waals surface area contributed by atoms with E-state index in [1.165, 1.54) is 10.9 Å². The highest BCUT2D eigenvalue weighted by molar-refractivity contribution is 5.81. The summed E-state index contributed by atoms with van der Waals surface area (Å²) >= 11 is 0. The Morgan fingerprint density at radius 2 is 1.82 bits per heavy atom. The lowest BCUT2D eigenvalue weighted by molar-refractivity contribution is 0.171. The Bertz CT molecular complexity index is 728. The molecule has 3 rings (SSSR count). The van der Waals surface area contributed by atoms with Gasteiger partial charge in [-0.3, -0.25) is 4.98 Å². The zero-order chi connectivity index (χ0) is 15.2. The molecule has 0 spiro atoms. The van der Waals surface area contributed by atoms with E-state index < -0.39 is 0 Å². The molecule has 22 heavy (non-hydrogen) atoms. The quantitative estimate of drug-likeness (QED) is 0.734. The molecule has 3 aromatic rings. The van der Waals surface area contributed by atoms with Crippen LogP contribution in [0.4, 0.5) is 0 Å². The van der Waals surface area contributed by atoms with Gasteiger partial charge in [-0.1, -0.05) is 42.5 Å². The lowest BCUT2D eigenvalue weighted by Crippen LogP contribution is -2.28. The van der Waals surface area contributed by atoms with Crippen molar-refractivity contribution < 1.29 is 5.11 Å². The zero-order valence-corrected chi connectivity index (χ0v) is 12.4. The van der Waals surface area contributed by atoms with Crippen LogP contribution in [0.3, 0.4) is 0 Å². The third kappa shape index (κ3) is 3.91. The van der Waals surface area contributed by atoms with Gasteiger partial charge in [0.2, 0.25) is 0 Å². The minimum Gasteiger partial charge on any atom is -0.391 e. The number of hydrogen-bond donors (Lipinski definition) is 2. The first-order chi connectivity index (χ1) is 10.8. The third-order valence-electron chi connectivity index (χ3n) is 3.73. The first-order valence-electron chi connectivity index (χ1n) is 7.56. The fraction of sp³-hybridized carbons (Fsp3) is 0.211. The second kappa shape index (κ2) is 7.16. The van der Waals surface area contributed by atoms with Gasteiger partial charge in [0.1, 0.15) is 0 Å². The molecule has 0 aliphatic heterocycles. The molecule has 1 heterocycles. The number of rotatable bonds is 6. The number of hydrogen-bond acceptors (Lipinski definition) is 3. The molecule has 112 valence electrons. The number of aliphatic hydroxyl groups is 1. The van der Waals surface area contributed by atoms with E-state index >= 15 is 0 Å². The molecule has 0 radical (unpaired) electrons. The minimum absolute atomic E-state index is 0.368. The van der Waals surface area contributed by atoms with Crippen molar-refractivity contribution in [1.82, 2.24) is 10.3 Å². The summed E-state index contributed by atoms with van der Waals surface area (Å²) in [4.78, 5) is 4.12. The Balaban J connectivity index is 1.51. The molecule has 0 aliphatic rings. The Morgan fingerprint density at radius 1 is 0.955 bits per heavy atom. The molecular weight excluding hydrogens is 272 g/mol. The Labute approximate surface area is 130 Å². The van der Waals surface area contributed by atoms with Crippen molar-refractivity contribution in [1.29, 1.82) is 0 Å². The molecule has 2 aromatic carbocycles. The van der Waals surface area contributed by atoms with Crippen molar-refractivity contribution in [2.75, 3.05) is 6.54 Å². The molecule has 3 heteroatoms. The maximum atomic E-state index is 10.1. The van der Waals surface area contributed by atoms with Crippen molar-refractivity contribution in [2.45, 2.75) is 19.1 Å². The van der Waals surface area contributed by atoms with Gasteiger partial charge in [0.05, 0.1) is 6.10 Å². The number of pyridine rings is 1. The molecule has 0 saturated carbocycles. The van der Waals surface area contributed by atoms with Gasteiger partial charge in [-0.15, -0.1) is 0 Å². The number of fused-ring (bicyclic) bond motifs is 1. The van der Waals surface area contributed by atoms with E-state index in [1.807, 2.05) is 48.8 Å². The monoisotopic (exact) mass is 292 g/mol. The molecule has 3 nitrogen and oxygen atoms in total. The number of nitrogens with one attached hydrogen (secondary N) is 1. The summed E-state index contributed by atoms with van der Waals surface area (Å²) in [6, 6.07) is 18.4. The van der Waals surface area contributed by atoms with Gasteiger partial charge >= 0.3 is 0 Å². The molecule has 0 amide bonds. The van der Waals surface area contributed by atoms with E-state index in [-0.39, 0.29) is 6.10 Å². The highest BCUT2D eigenvalue weighted by Gasteiger charge is 2.05. The number of benzene rings is 2. The molecule has 0 fully saturated rings. The summed E-state index contributed by atoms with van der Waals surface area (Å²) < 4.78 is 0. The number of nitrogens with zero attached hydrogens (tertiary/aromatic N) is 1. The lowest BCUT2D eigenvalue weighted by atomic mass is 10.1. The maximum absolute atomic E-state index is 10.1. The van der Waals surface area contributed by atoms with E-state index in [4.69, 9.17) is 0 Å². The van der Waals surface area contributed by atoms with Gasteiger partial charge in [-0.05, 0) is 35.1 Å². The van der Waals surface area contributed by atoms with Gasteiger partial charge in [0.25, 0.3) is 0 Å². The Morgan fingerprint density at radius 3 is 2.68 bits per heavy atom.